The Morgan fingerprint density at radius 1 is 0.795 bits per heavy atom. The SMILES string of the molecule is CCCNC(=O)c1ccc(-n2nccc2-c2ccc(OCc3ccccc3)cc2OCc2ccccc2)cc1. The Balaban J connectivity index is 1.43. The number of carbonyl (C=O) groups is 1. The van der Waals surface area contributed by atoms with E-state index < -0.39 is 0 Å². The summed E-state index contributed by atoms with van der Waals surface area (Å²) in [6.45, 7) is 3.57. The van der Waals surface area contributed by atoms with Crippen molar-refractivity contribution < 1.29 is 14.3 Å². The Morgan fingerprint density at radius 2 is 1.46 bits per heavy atom. The average molecular weight is 518 g/mol. The Morgan fingerprint density at radius 3 is 2.13 bits per heavy atom. The van der Waals surface area contributed by atoms with Gasteiger partial charge in [0.05, 0.1) is 17.6 Å². The van der Waals surface area contributed by atoms with Crippen LogP contribution in [0.3, 0.4) is 0 Å². The molecule has 0 aliphatic carbocycles. The monoisotopic (exact) mass is 517 g/mol. The number of rotatable bonds is 11. The van der Waals surface area contributed by atoms with E-state index >= 15 is 0 Å². The van der Waals surface area contributed by atoms with E-state index in [0.717, 1.165) is 40.2 Å². The molecule has 0 saturated heterocycles. The summed E-state index contributed by atoms with van der Waals surface area (Å²) in [7, 11) is 0. The van der Waals surface area contributed by atoms with E-state index in [9.17, 15) is 4.79 Å². The van der Waals surface area contributed by atoms with Crippen LogP contribution in [0.4, 0.5) is 0 Å². The lowest BCUT2D eigenvalue weighted by Crippen LogP contribution is -2.23. The Kier molecular flexibility index (Phi) is 8.34. The van der Waals surface area contributed by atoms with E-state index in [1.165, 1.54) is 0 Å². The van der Waals surface area contributed by atoms with Gasteiger partial charge >= 0.3 is 0 Å². The molecular weight excluding hydrogens is 486 g/mol. The summed E-state index contributed by atoms with van der Waals surface area (Å²) in [4.78, 5) is 12.3. The third kappa shape index (κ3) is 6.54. The second kappa shape index (κ2) is 12.6. The van der Waals surface area contributed by atoms with Crippen LogP contribution in [0, 0.1) is 0 Å². The summed E-state index contributed by atoms with van der Waals surface area (Å²) < 4.78 is 14.3. The largest absolute Gasteiger partial charge is 0.489 e. The highest BCUT2D eigenvalue weighted by atomic mass is 16.5. The fourth-order valence-electron chi connectivity index (χ4n) is 4.21. The number of amides is 1. The zero-order valence-corrected chi connectivity index (χ0v) is 21.9. The van der Waals surface area contributed by atoms with Crippen molar-refractivity contribution in [2.75, 3.05) is 6.54 Å². The van der Waals surface area contributed by atoms with Crippen LogP contribution in [-0.4, -0.2) is 22.2 Å². The molecule has 0 spiro atoms. The second-order valence-electron chi connectivity index (χ2n) is 9.14. The van der Waals surface area contributed by atoms with Gasteiger partial charge in [0.1, 0.15) is 24.7 Å². The molecule has 4 aromatic carbocycles. The van der Waals surface area contributed by atoms with Crippen molar-refractivity contribution in [1.82, 2.24) is 15.1 Å². The molecule has 0 bridgehead atoms. The second-order valence-corrected chi connectivity index (χ2v) is 9.14. The zero-order chi connectivity index (χ0) is 26.9. The molecule has 5 aromatic rings. The average Bonchev–Trinajstić information content (AvgIpc) is 3.49. The van der Waals surface area contributed by atoms with Crippen LogP contribution in [0.2, 0.25) is 0 Å². The smallest absolute Gasteiger partial charge is 0.251 e. The van der Waals surface area contributed by atoms with E-state index in [1.807, 2.05) is 121 Å². The number of hydrogen-bond acceptors (Lipinski definition) is 4. The van der Waals surface area contributed by atoms with Crippen molar-refractivity contribution in [2.45, 2.75) is 26.6 Å². The van der Waals surface area contributed by atoms with Gasteiger partial charge in [-0.2, -0.15) is 5.10 Å². The molecule has 39 heavy (non-hydrogen) atoms. The highest BCUT2D eigenvalue weighted by molar-refractivity contribution is 5.94. The molecule has 6 heteroatoms. The number of carbonyl (C=O) groups excluding carboxylic acids is 1. The van der Waals surface area contributed by atoms with Crippen LogP contribution >= 0.6 is 0 Å². The third-order valence-electron chi connectivity index (χ3n) is 6.27. The van der Waals surface area contributed by atoms with Crippen molar-refractivity contribution >= 4 is 5.91 Å². The van der Waals surface area contributed by atoms with Gasteiger partial charge in [0.15, 0.2) is 0 Å². The number of aromatic nitrogens is 2. The first kappa shape index (κ1) is 25.8. The first-order valence-electron chi connectivity index (χ1n) is 13.1. The van der Waals surface area contributed by atoms with Crippen molar-refractivity contribution in [3.05, 3.63) is 132 Å². The fraction of sp³-hybridized carbons (Fsp3) is 0.152. The van der Waals surface area contributed by atoms with Gasteiger partial charge in [-0.3, -0.25) is 4.79 Å². The van der Waals surface area contributed by atoms with E-state index in [2.05, 4.69) is 10.4 Å². The molecule has 1 heterocycles. The molecule has 1 amide bonds. The summed E-state index contributed by atoms with van der Waals surface area (Å²) in [6, 6.07) is 35.4. The fourth-order valence-corrected chi connectivity index (χ4v) is 4.21. The summed E-state index contributed by atoms with van der Waals surface area (Å²) in [5, 5.41) is 7.49. The highest BCUT2D eigenvalue weighted by Gasteiger charge is 2.15. The van der Waals surface area contributed by atoms with Gasteiger partial charge in [-0.1, -0.05) is 67.6 Å². The molecular formula is C33H31N3O3. The Bertz CT molecular complexity index is 1500. The Hall–Kier alpha value is -4.84. The maximum absolute atomic E-state index is 12.3. The molecule has 0 fully saturated rings. The minimum Gasteiger partial charge on any atom is -0.489 e. The first-order chi connectivity index (χ1) is 19.2. The molecule has 1 aromatic heterocycles. The van der Waals surface area contributed by atoms with Crippen LogP contribution in [0.15, 0.2) is 115 Å². The van der Waals surface area contributed by atoms with Crippen LogP contribution in [0.5, 0.6) is 11.5 Å². The van der Waals surface area contributed by atoms with E-state index in [-0.39, 0.29) is 5.91 Å². The van der Waals surface area contributed by atoms with Gasteiger partial charge in [-0.25, -0.2) is 4.68 Å². The standard InChI is InChI=1S/C33H31N3O3/c1-2-20-34-33(37)27-13-15-28(16-14-27)36-31(19-21-35-36)30-18-17-29(38-23-25-9-5-3-6-10-25)22-32(30)39-24-26-11-7-4-8-12-26/h3-19,21-22H,2,20,23-24H2,1H3,(H,34,37). The van der Waals surface area contributed by atoms with Crippen molar-refractivity contribution in [1.29, 1.82) is 0 Å². The maximum Gasteiger partial charge on any atom is 0.251 e. The molecule has 0 unspecified atom stereocenters. The molecule has 0 saturated carbocycles. The summed E-state index contributed by atoms with van der Waals surface area (Å²) in [5.41, 5.74) is 5.40. The predicted molar refractivity (Wildman–Crippen MR) is 153 cm³/mol. The first-order valence-corrected chi connectivity index (χ1v) is 13.1. The number of nitrogens with one attached hydrogen (secondary N) is 1. The number of benzene rings is 4. The lowest BCUT2D eigenvalue weighted by molar-refractivity contribution is 0.0953. The lowest BCUT2D eigenvalue weighted by atomic mass is 10.1. The van der Waals surface area contributed by atoms with Crippen LogP contribution in [0.25, 0.3) is 16.9 Å². The van der Waals surface area contributed by atoms with Crippen LogP contribution in [0.1, 0.15) is 34.8 Å². The van der Waals surface area contributed by atoms with Gasteiger partial charge in [0.2, 0.25) is 0 Å². The van der Waals surface area contributed by atoms with E-state index in [4.69, 9.17) is 9.47 Å². The molecule has 196 valence electrons. The minimum absolute atomic E-state index is 0.0771. The normalized spacial score (nSPS) is 10.7. The summed E-state index contributed by atoms with van der Waals surface area (Å²) in [6.07, 6.45) is 2.66. The Labute approximate surface area is 228 Å². The number of hydrogen-bond donors (Lipinski definition) is 1. The molecule has 0 aliphatic rings. The molecule has 0 aliphatic heterocycles. The van der Waals surface area contributed by atoms with Gasteiger partial charge < -0.3 is 14.8 Å². The highest BCUT2D eigenvalue weighted by Crippen LogP contribution is 2.35. The van der Waals surface area contributed by atoms with Crippen molar-refractivity contribution in [3.8, 4) is 28.4 Å². The molecule has 0 radical (unpaired) electrons. The molecule has 5 rings (SSSR count). The molecule has 0 atom stereocenters. The lowest BCUT2D eigenvalue weighted by Gasteiger charge is -2.16. The summed E-state index contributed by atoms with van der Waals surface area (Å²) >= 11 is 0. The van der Waals surface area contributed by atoms with Crippen LogP contribution < -0.4 is 14.8 Å². The van der Waals surface area contributed by atoms with Gasteiger partial charge in [0.25, 0.3) is 5.91 Å². The van der Waals surface area contributed by atoms with Crippen molar-refractivity contribution in [3.63, 3.8) is 0 Å². The third-order valence-corrected chi connectivity index (χ3v) is 6.27. The zero-order valence-electron chi connectivity index (χ0n) is 21.9. The predicted octanol–water partition coefficient (Wildman–Crippen LogP) is 6.84. The molecule has 1 N–H and O–H groups in total. The number of nitrogens with zero attached hydrogens (tertiary/aromatic N) is 2. The molecule has 6 nitrogen and oxygen atoms in total. The topological polar surface area (TPSA) is 65.4 Å². The van der Waals surface area contributed by atoms with E-state index in [0.29, 0.717) is 31.1 Å². The van der Waals surface area contributed by atoms with Gasteiger partial charge in [-0.15, -0.1) is 0 Å². The van der Waals surface area contributed by atoms with Crippen molar-refractivity contribution in [2.24, 2.45) is 0 Å². The minimum atomic E-state index is -0.0771. The van der Waals surface area contributed by atoms with Crippen LogP contribution in [-0.2, 0) is 13.2 Å². The van der Waals surface area contributed by atoms with Gasteiger partial charge in [-0.05, 0) is 60.0 Å². The number of ether oxygens (including phenoxy) is 2. The van der Waals surface area contributed by atoms with E-state index in [1.54, 1.807) is 6.20 Å². The quantitative estimate of drug-likeness (QED) is 0.208. The van der Waals surface area contributed by atoms with Gasteiger partial charge in [0, 0.05) is 23.7 Å². The summed E-state index contributed by atoms with van der Waals surface area (Å²) in [5.74, 6) is 1.34. The maximum atomic E-state index is 12.3.